The Morgan fingerprint density at radius 2 is 1.89 bits per heavy atom. The normalized spacial score (nSPS) is 11.0. The highest BCUT2D eigenvalue weighted by Crippen LogP contribution is 2.24. The molecule has 3 aromatic rings. The van der Waals surface area contributed by atoms with Crippen molar-refractivity contribution >= 4 is 16.7 Å². The fourth-order valence-electron chi connectivity index (χ4n) is 1.83. The van der Waals surface area contributed by atoms with E-state index in [0.29, 0.717) is 22.6 Å². The first-order valence-electron chi connectivity index (χ1n) is 5.35. The summed E-state index contributed by atoms with van der Waals surface area (Å²) in [5.74, 6) is -1.32. The molecular formula is C13H9F2N3. The van der Waals surface area contributed by atoms with Crippen molar-refractivity contribution in [2.24, 2.45) is 0 Å². The Hall–Kier alpha value is -2.43. The first-order valence-corrected chi connectivity index (χ1v) is 5.35. The number of fused-ring (bicyclic) bond motifs is 1. The fraction of sp³-hybridized carbons (Fsp3) is 0. The van der Waals surface area contributed by atoms with Gasteiger partial charge in [-0.1, -0.05) is 6.07 Å². The number of halogens is 2. The van der Waals surface area contributed by atoms with E-state index in [-0.39, 0.29) is 0 Å². The molecule has 90 valence electrons. The van der Waals surface area contributed by atoms with Crippen LogP contribution in [-0.4, -0.2) is 9.97 Å². The number of nitrogens with two attached hydrogens (primary N) is 1. The largest absolute Gasteiger partial charge is 0.397 e. The van der Waals surface area contributed by atoms with Gasteiger partial charge in [0.1, 0.15) is 11.3 Å². The third-order valence-electron chi connectivity index (χ3n) is 2.74. The van der Waals surface area contributed by atoms with Crippen molar-refractivity contribution < 1.29 is 8.78 Å². The standard InChI is InChI=1S/C13H9F2N3/c14-8-5-4-7(6-9(8)15)13-17-11-3-1-2-10(16)12(11)18-13/h1-6H,16H2,(H,17,18). The van der Waals surface area contributed by atoms with Gasteiger partial charge in [-0.2, -0.15) is 0 Å². The Labute approximate surface area is 101 Å². The van der Waals surface area contributed by atoms with Crippen molar-refractivity contribution in [2.45, 2.75) is 0 Å². The van der Waals surface area contributed by atoms with Crippen LogP contribution in [0, 0.1) is 11.6 Å². The van der Waals surface area contributed by atoms with E-state index in [9.17, 15) is 8.78 Å². The van der Waals surface area contributed by atoms with Gasteiger partial charge in [-0.3, -0.25) is 0 Å². The first kappa shape index (κ1) is 10.7. The maximum atomic E-state index is 13.2. The number of imidazole rings is 1. The number of rotatable bonds is 1. The van der Waals surface area contributed by atoms with Crippen LogP contribution in [0.5, 0.6) is 0 Å². The number of anilines is 1. The van der Waals surface area contributed by atoms with Gasteiger partial charge in [-0.15, -0.1) is 0 Å². The molecule has 0 aliphatic carbocycles. The Bertz CT molecular complexity index is 734. The van der Waals surface area contributed by atoms with E-state index < -0.39 is 11.6 Å². The molecule has 0 amide bonds. The molecule has 0 unspecified atom stereocenters. The molecule has 0 bridgehead atoms. The summed E-state index contributed by atoms with van der Waals surface area (Å²) in [5, 5.41) is 0. The van der Waals surface area contributed by atoms with E-state index in [1.165, 1.54) is 6.07 Å². The summed E-state index contributed by atoms with van der Waals surface area (Å²) in [5.41, 5.74) is 8.18. The van der Waals surface area contributed by atoms with Crippen molar-refractivity contribution in [1.29, 1.82) is 0 Å². The summed E-state index contributed by atoms with van der Waals surface area (Å²) in [7, 11) is 0. The monoisotopic (exact) mass is 245 g/mol. The van der Waals surface area contributed by atoms with Gasteiger partial charge in [0, 0.05) is 5.56 Å². The lowest BCUT2D eigenvalue weighted by atomic mass is 10.2. The van der Waals surface area contributed by atoms with E-state index in [4.69, 9.17) is 5.73 Å². The average Bonchev–Trinajstić information content (AvgIpc) is 2.78. The number of H-pyrrole nitrogens is 1. The second-order valence-electron chi connectivity index (χ2n) is 3.96. The predicted molar refractivity (Wildman–Crippen MR) is 65.9 cm³/mol. The number of para-hydroxylation sites is 1. The fourth-order valence-corrected chi connectivity index (χ4v) is 1.83. The summed E-state index contributed by atoms with van der Waals surface area (Å²) in [4.78, 5) is 7.30. The van der Waals surface area contributed by atoms with Crippen molar-refractivity contribution in [1.82, 2.24) is 9.97 Å². The average molecular weight is 245 g/mol. The van der Waals surface area contributed by atoms with Crippen LogP contribution in [0.4, 0.5) is 14.5 Å². The highest BCUT2D eigenvalue weighted by Gasteiger charge is 2.09. The third kappa shape index (κ3) is 1.60. The van der Waals surface area contributed by atoms with Crippen LogP contribution >= 0.6 is 0 Å². The molecular weight excluding hydrogens is 236 g/mol. The lowest BCUT2D eigenvalue weighted by molar-refractivity contribution is 0.509. The topological polar surface area (TPSA) is 54.7 Å². The molecule has 0 fully saturated rings. The molecule has 0 spiro atoms. The van der Waals surface area contributed by atoms with Crippen LogP contribution < -0.4 is 5.73 Å². The molecule has 3 rings (SSSR count). The number of aromatic nitrogens is 2. The van der Waals surface area contributed by atoms with Crippen molar-refractivity contribution in [2.75, 3.05) is 5.73 Å². The van der Waals surface area contributed by atoms with Gasteiger partial charge in [-0.25, -0.2) is 13.8 Å². The molecule has 18 heavy (non-hydrogen) atoms. The minimum absolute atomic E-state index is 0.460. The molecule has 2 aromatic carbocycles. The smallest absolute Gasteiger partial charge is 0.159 e. The van der Waals surface area contributed by atoms with Gasteiger partial charge >= 0.3 is 0 Å². The van der Waals surface area contributed by atoms with Crippen LogP contribution in [0.1, 0.15) is 0 Å². The summed E-state index contributed by atoms with van der Waals surface area (Å²) in [6.07, 6.45) is 0. The summed E-state index contributed by atoms with van der Waals surface area (Å²) < 4.78 is 26.0. The lowest BCUT2D eigenvalue weighted by Gasteiger charge is -1.97. The molecule has 0 atom stereocenters. The van der Waals surface area contributed by atoms with Gasteiger partial charge in [0.25, 0.3) is 0 Å². The highest BCUT2D eigenvalue weighted by molar-refractivity contribution is 5.89. The summed E-state index contributed by atoms with van der Waals surface area (Å²) in [6.45, 7) is 0. The van der Waals surface area contributed by atoms with Crippen LogP contribution in [0.15, 0.2) is 36.4 Å². The van der Waals surface area contributed by atoms with E-state index in [1.54, 1.807) is 12.1 Å². The number of nitrogens with zero attached hydrogens (tertiary/aromatic N) is 1. The van der Waals surface area contributed by atoms with E-state index in [2.05, 4.69) is 9.97 Å². The maximum Gasteiger partial charge on any atom is 0.159 e. The van der Waals surface area contributed by atoms with Gasteiger partial charge in [-0.05, 0) is 30.3 Å². The van der Waals surface area contributed by atoms with Gasteiger partial charge in [0.2, 0.25) is 0 Å². The molecule has 0 aliphatic rings. The number of nitrogens with one attached hydrogen (secondary N) is 1. The second-order valence-corrected chi connectivity index (χ2v) is 3.96. The molecule has 5 heteroatoms. The number of hydrogen-bond donors (Lipinski definition) is 2. The Morgan fingerprint density at radius 1 is 1.06 bits per heavy atom. The van der Waals surface area contributed by atoms with Gasteiger partial charge < -0.3 is 10.7 Å². The molecule has 0 saturated heterocycles. The number of benzene rings is 2. The van der Waals surface area contributed by atoms with E-state index >= 15 is 0 Å². The highest BCUT2D eigenvalue weighted by atomic mass is 19.2. The van der Waals surface area contributed by atoms with E-state index in [1.807, 2.05) is 6.07 Å². The summed E-state index contributed by atoms with van der Waals surface area (Å²) in [6, 6.07) is 8.99. The Kier molecular flexibility index (Phi) is 2.26. The molecule has 3 N–H and O–H groups in total. The minimum Gasteiger partial charge on any atom is -0.397 e. The van der Waals surface area contributed by atoms with Crippen LogP contribution in [0.2, 0.25) is 0 Å². The maximum absolute atomic E-state index is 13.2. The van der Waals surface area contributed by atoms with Gasteiger partial charge in [0.05, 0.1) is 11.2 Å². The van der Waals surface area contributed by atoms with E-state index in [0.717, 1.165) is 17.6 Å². The zero-order chi connectivity index (χ0) is 12.7. The second kappa shape index (κ2) is 3.80. The molecule has 1 aromatic heterocycles. The van der Waals surface area contributed by atoms with Crippen molar-refractivity contribution in [3.63, 3.8) is 0 Å². The minimum atomic E-state index is -0.902. The van der Waals surface area contributed by atoms with Crippen LogP contribution in [0.25, 0.3) is 22.4 Å². The van der Waals surface area contributed by atoms with Crippen LogP contribution in [-0.2, 0) is 0 Å². The molecule has 0 aliphatic heterocycles. The quantitative estimate of drug-likeness (QED) is 0.647. The Balaban J connectivity index is 2.19. The summed E-state index contributed by atoms with van der Waals surface area (Å²) >= 11 is 0. The number of hydrogen-bond acceptors (Lipinski definition) is 2. The lowest BCUT2D eigenvalue weighted by Crippen LogP contribution is -1.87. The predicted octanol–water partition coefficient (Wildman–Crippen LogP) is 3.09. The van der Waals surface area contributed by atoms with Crippen LogP contribution in [0.3, 0.4) is 0 Å². The van der Waals surface area contributed by atoms with Gasteiger partial charge in [0.15, 0.2) is 11.6 Å². The number of nitrogen functional groups attached to an aromatic ring is 1. The first-order chi connectivity index (χ1) is 8.65. The molecule has 3 nitrogen and oxygen atoms in total. The third-order valence-corrected chi connectivity index (χ3v) is 2.74. The SMILES string of the molecule is Nc1cccc2[nH]c(-c3ccc(F)c(F)c3)nc12. The molecule has 0 radical (unpaired) electrons. The number of aromatic amines is 1. The zero-order valence-electron chi connectivity index (χ0n) is 9.24. The Morgan fingerprint density at radius 3 is 2.61 bits per heavy atom. The molecule has 0 saturated carbocycles. The molecule has 1 heterocycles. The van der Waals surface area contributed by atoms with Crippen molar-refractivity contribution in [3.05, 3.63) is 48.0 Å². The van der Waals surface area contributed by atoms with Crippen molar-refractivity contribution in [3.8, 4) is 11.4 Å². The zero-order valence-corrected chi connectivity index (χ0v) is 9.24.